The molecule has 0 aliphatic carbocycles. The number of hydrogen-bond donors (Lipinski definition) is 1. The second-order valence-corrected chi connectivity index (χ2v) is 11.3. The van der Waals surface area contributed by atoms with Crippen molar-refractivity contribution in [3.05, 3.63) is 125 Å². The number of nitrogens with zero attached hydrogens (tertiary/aromatic N) is 7. The van der Waals surface area contributed by atoms with Crippen LogP contribution < -0.4 is 5.32 Å². The molecule has 3 aromatic carbocycles. The van der Waals surface area contributed by atoms with Crippen molar-refractivity contribution in [2.75, 3.05) is 18.4 Å². The topological polar surface area (TPSA) is 102 Å². The molecule has 0 radical (unpaired) electrons. The molecule has 0 fully saturated rings. The van der Waals surface area contributed by atoms with E-state index in [1.165, 1.54) is 21.5 Å². The molecule has 9 heteroatoms. The third-order valence-corrected chi connectivity index (χ3v) is 8.37. The minimum Gasteiger partial charge on any atom is -0.321 e. The fourth-order valence-electron chi connectivity index (χ4n) is 5.63. The number of anilines is 1. The van der Waals surface area contributed by atoms with Crippen molar-refractivity contribution in [2.24, 2.45) is 0 Å². The van der Waals surface area contributed by atoms with Crippen LogP contribution in [0.3, 0.4) is 0 Å². The standard InChI is InChI=1S/C35H32N8O/c1-23-17-31(33(18-24(23)2)38-35(44)29-19-26-5-3-4-6-32(26)37-21-29)34-39-41-43(40-34)30-9-7-25(8-10-30)12-15-42-16-13-27-20-36-14-11-28(27)22-42/h3-11,14,17-21H,12-13,15-16,22H2,1-2H3,(H,38,44). The van der Waals surface area contributed by atoms with Gasteiger partial charge in [0.1, 0.15) is 0 Å². The SMILES string of the molecule is Cc1cc(NC(=O)c2cnc3ccccc3c2)c(-c2nnn(-c3ccc(CCN4CCc5cnccc5C4)cc3)n2)cc1C. The fourth-order valence-corrected chi connectivity index (χ4v) is 5.63. The first-order valence-electron chi connectivity index (χ1n) is 14.8. The first-order chi connectivity index (χ1) is 21.5. The van der Waals surface area contributed by atoms with Gasteiger partial charge in [-0.25, -0.2) is 0 Å². The molecule has 0 bridgehead atoms. The Kier molecular flexibility index (Phi) is 7.37. The van der Waals surface area contributed by atoms with Gasteiger partial charge in [0.05, 0.1) is 22.5 Å². The minimum atomic E-state index is -0.249. The van der Waals surface area contributed by atoms with E-state index in [0.29, 0.717) is 22.6 Å². The maximum atomic E-state index is 13.3. The summed E-state index contributed by atoms with van der Waals surface area (Å²) < 4.78 is 0. The lowest BCUT2D eigenvalue weighted by atomic mass is 10.0. The zero-order valence-corrected chi connectivity index (χ0v) is 24.7. The number of hydrogen-bond acceptors (Lipinski definition) is 7. The molecule has 6 aromatic rings. The Morgan fingerprint density at radius 2 is 1.77 bits per heavy atom. The van der Waals surface area contributed by atoms with Crippen LogP contribution in [0.15, 0.2) is 91.4 Å². The predicted molar refractivity (Wildman–Crippen MR) is 171 cm³/mol. The highest BCUT2D eigenvalue weighted by molar-refractivity contribution is 6.07. The highest BCUT2D eigenvalue weighted by Gasteiger charge is 2.18. The number of carbonyl (C=O) groups is 1. The van der Waals surface area contributed by atoms with Crippen molar-refractivity contribution in [3.63, 3.8) is 0 Å². The highest BCUT2D eigenvalue weighted by Crippen LogP contribution is 2.29. The smallest absolute Gasteiger partial charge is 0.257 e. The molecular formula is C35H32N8O. The van der Waals surface area contributed by atoms with Gasteiger partial charge in [-0.3, -0.25) is 19.7 Å². The summed E-state index contributed by atoms with van der Waals surface area (Å²) in [5.41, 5.74) is 9.60. The number of tetrazole rings is 1. The van der Waals surface area contributed by atoms with Gasteiger partial charge in [0, 0.05) is 49.2 Å². The molecule has 0 saturated carbocycles. The summed E-state index contributed by atoms with van der Waals surface area (Å²) in [6.45, 7) is 7.08. The molecule has 0 spiro atoms. The van der Waals surface area contributed by atoms with Gasteiger partial charge in [-0.1, -0.05) is 30.3 Å². The molecular weight excluding hydrogens is 548 g/mol. The molecule has 44 heavy (non-hydrogen) atoms. The van der Waals surface area contributed by atoms with Gasteiger partial charge in [-0.15, -0.1) is 15.0 Å². The van der Waals surface area contributed by atoms with E-state index in [1.54, 1.807) is 6.20 Å². The summed E-state index contributed by atoms with van der Waals surface area (Å²) in [6, 6.07) is 23.9. The van der Waals surface area contributed by atoms with Crippen LogP contribution >= 0.6 is 0 Å². The normalized spacial score (nSPS) is 13.1. The summed E-state index contributed by atoms with van der Waals surface area (Å²) in [5.74, 6) is 0.186. The van der Waals surface area contributed by atoms with Crippen LogP contribution in [0.1, 0.15) is 38.2 Å². The van der Waals surface area contributed by atoms with Crippen molar-refractivity contribution in [2.45, 2.75) is 33.2 Å². The van der Waals surface area contributed by atoms with Crippen LogP contribution in [0.25, 0.3) is 28.0 Å². The first-order valence-corrected chi connectivity index (χ1v) is 14.8. The summed E-state index contributed by atoms with van der Waals surface area (Å²) >= 11 is 0. The van der Waals surface area contributed by atoms with E-state index in [-0.39, 0.29) is 5.91 Å². The molecule has 1 aliphatic heterocycles. The Hall–Kier alpha value is -5.28. The Morgan fingerprint density at radius 1 is 0.932 bits per heavy atom. The number of aromatic nitrogens is 6. The number of rotatable bonds is 7. The number of para-hydroxylation sites is 1. The largest absolute Gasteiger partial charge is 0.321 e. The van der Waals surface area contributed by atoms with E-state index < -0.39 is 0 Å². The van der Waals surface area contributed by atoms with E-state index in [4.69, 9.17) is 5.10 Å². The summed E-state index contributed by atoms with van der Waals surface area (Å²) in [6.07, 6.45) is 7.49. The van der Waals surface area contributed by atoms with E-state index >= 15 is 0 Å². The summed E-state index contributed by atoms with van der Waals surface area (Å²) in [7, 11) is 0. The number of fused-ring (bicyclic) bond motifs is 2. The number of nitrogens with one attached hydrogen (secondary N) is 1. The average molecular weight is 581 g/mol. The van der Waals surface area contributed by atoms with E-state index in [1.807, 2.05) is 80.8 Å². The maximum Gasteiger partial charge on any atom is 0.257 e. The lowest BCUT2D eigenvalue weighted by Crippen LogP contribution is -2.32. The van der Waals surface area contributed by atoms with Gasteiger partial charge in [0.15, 0.2) is 0 Å². The summed E-state index contributed by atoms with van der Waals surface area (Å²) in [5, 5.41) is 17.4. The minimum absolute atomic E-state index is 0.249. The van der Waals surface area contributed by atoms with Gasteiger partial charge in [0.25, 0.3) is 5.91 Å². The molecule has 4 heterocycles. The number of benzene rings is 3. The van der Waals surface area contributed by atoms with Crippen LogP contribution in [0, 0.1) is 13.8 Å². The van der Waals surface area contributed by atoms with Gasteiger partial charge in [-0.05, 0) is 102 Å². The Bertz CT molecular complexity index is 1980. The van der Waals surface area contributed by atoms with E-state index in [2.05, 4.69) is 48.7 Å². The predicted octanol–water partition coefficient (Wildman–Crippen LogP) is 5.74. The number of aryl methyl sites for hydroxylation is 2. The Balaban J connectivity index is 1.06. The Morgan fingerprint density at radius 3 is 2.66 bits per heavy atom. The lowest BCUT2D eigenvalue weighted by Gasteiger charge is -2.28. The Labute approximate surface area is 255 Å². The van der Waals surface area contributed by atoms with Crippen molar-refractivity contribution in [1.29, 1.82) is 0 Å². The van der Waals surface area contributed by atoms with Gasteiger partial charge in [-0.2, -0.15) is 0 Å². The third-order valence-electron chi connectivity index (χ3n) is 8.37. The van der Waals surface area contributed by atoms with Crippen molar-refractivity contribution in [3.8, 4) is 17.1 Å². The molecule has 7 rings (SSSR count). The molecule has 218 valence electrons. The quantitative estimate of drug-likeness (QED) is 0.257. The van der Waals surface area contributed by atoms with Gasteiger partial charge >= 0.3 is 0 Å². The number of pyridine rings is 2. The molecule has 0 atom stereocenters. The first kappa shape index (κ1) is 27.5. The zero-order valence-electron chi connectivity index (χ0n) is 24.7. The molecule has 1 amide bonds. The van der Waals surface area contributed by atoms with Gasteiger partial charge < -0.3 is 5.32 Å². The van der Waals surface area contributed by atoms with E-state index in [9.17, 15) is 4.79 Å². The van der Waals surface area contributed by atoms with Crippen LogP contribution in [0.2, 0.25) is 0 Å². The molecule has 9 nitrogen and oxygen atoms in total. The van der Waals surface area contributed by atoms with Crippen LogP contribution in [0.4, 0.5) is 5.69 Å². The number of carbonyl (C=O) groups excluding carboxylic acids is 1. The van der Waals surface area contributed by atoms with Crippen molar-refractivity contribution < 1.29 is 4.79 Å². The highest BCUT2D eigenvalue weighted by atomic mass is 16.1. The summed E-state index contributed by atoms with van der Waals surface area (Å²) in [4.78, 5) is 26.0. The van der Waals surface area contributed by atoms with Crippen molar-refractivity contribution in [1.82, 2.24) is 35.1 Å². The maximum absolute atomic E-state index is 13.3. The van der Waals surface area contributed by atoms with E-state index in [0.717, 1.165) is 60.2 Å². The fraction of sp³-hybridized carbons (Fsp3) is 0.200. The van der Waals surface area contributed by atoms with Crippen LogP contribution in [-0.2, 0) is 19.4 Å². The third kappa shape index (κ3) is 5.69. The molecule has 1 N–H and O–H groups in total. The number of amides is 1. The van der Waals surface area contributed by atoms with Crippen molar-refractivity contribution >= 4 is 22.5 Å². The second kappa shape index (κ2) is 11.8. The zero-order chi connectivity index (χ0) is 30.0. The van der Waals surface area contributed by atoms with Crippen LogP contribution in [0.5, 0.6) is 0 Å². The molecule has 1 aliphatic rings. The average Bonchev–Trinajstić information content (AvgIpc) is 3.55. The molecule has 0 unspecified atom stereocenters. The van der Waals surface area contributed by atoms with Crippen LogP contribution in [-0.4, -0.2) is 54.1 Å². The van der Waals surface area contributed by atoms with Gasteiger partial charge in [0.2, 0.25) is 5.82 Å². The lowest BCUT2D eigenvalue weighted by molar-refractivity contribution is 0.102. The second-order valence-electron chi connectivity index (χ2n) is 11.3. The monoisotopic (exact) mass is 580 g/mol. The molecule has 0 saturated heterocycles. The molecule has 3 aromatic heterocycles.